The van der Waals surface area contributed by atoms with E-state index in [4.69, 9.17) is 10.5 Å². The van der Waals surface area contributed by atoms with Crippen LogP contribution in [0.15, 0.2) is 23.9 Å². The largest absolute Gasteiger partial charge is 0.357 e. The van der Waals surface area contributed by atoms with E-state index >= 15 is 0 Å². The average Bonchev–Trinajstić information content (AvgIpc) is 2.33. The third kappa shape index (κ3) is 5.02. The summed E-state index contributed by atoms with van der Waals surface area (Å²) in [4.78, 5) is 11.2. The van der Waals surface area contributed by atoms with Crippen molar-refractivity contribution in [2.45, 2.75) is 31.9 Å². The maximum atomic E-state index is 11.2. The number of hydrogen-bond acceptors (Lipinski definition) is 3. The van der Waals surface area contributed by atoms with Crippen molar-refractivity contribution < 1.29 is 9.53 Å². The number of carbonyl (C=O) groups is 1. The third-order valence-electron chi connectivity index (χ3n) is 2.46. The number of unbranched alkanes of at least 4 members (excludes halogenated alkanes) is 1. The van der Waals surface area contributed by atoms with Crippen LogP contribution >= 0.6 is 15.9 Å². The molecule has 0 bridgehead atoms. The molecule has 1 rings (SSSR count). The summed E-state index contributed by atoms with van der Waals surface area (Å²) < 4.78 is 5.61. The summed E-state index contributed by atoms with van der Waals surface area (Å²) in [5.74, 6) is -0.0719. The number of allylic oxidation sites excluding steroid dienone is 1. The second-order valence-electron chi connectivity index (χ2n) is 4.04. The second-order valence-corrected chi connectivity index (χ2v) is 4.60. The fraction of sp³-hybridized carbons (Fsp3) is 0.583. The number of rotatable bonds is 6. The number of carbonyl (C=O) groups excluding carboxylic acids is 1. The van der Waals surface area contributed by atoms with Crippen LogP contribution in [-0.2, 0) is 9.53 Å². The van der Waals surface area contributed by atoms with Gasteiger partial charge in [-0.3, -0.25) is 10.5 Å². The normalized spacial score (nSPS) is 23.4. The summed E-state index contributed by atoms with van der Waals surface area (Å²) in [6.45, 7) is 2.77. The number of alkyl halides is 1. The molecule has 0 spiro atoms. The molecule has 1 atom stereocenters. The van der Waals surface area contributed by atoms with Gasteiger partial charge in [0.25, 0.3) is 0 Å². The minimum atomic E-state index is -0.724. The van der Waals surface area contributed by atoms with Gasteiger partial charge in [-0.05, 0) is 18.6 Å². The van der Waals surface area contributed by atoms with Crippen molar-refractivity contribution >= 4 is 21.8 Å². The van der Waals surface area contributed by atoms with E-state index < -0.39 is 5.72 Å². The van der Waals surface area contributed by atoms with Crippen LogP contribution in [0.25, 0.3) is 0 Å². The molecule has 3 N–H and O–H groups in total. The summed E-state index contributed by atoms with van der Waals surface area (Å²) >= 11 is 3.09. The molecule has 1 aliphatic rings. The van der Waals surface area contributed by atoms with Crippen molar-refractivity contribution in [3.63, 3.8) is 0 Å². The van der Waals surface area contributed by atoms with Crippen LogP contribution < -0.4 is 11.1 Å². The number of hydrogen-bond donors (Lipinski definition) is 2. The molecule has 0 heterocycles. The molecule has 1 aliphatic carbocycles. The molecule has 0 fully saturated rings. The van der Waals surface area contributed by atoms with Gasteiger partial charge in [0.05, 0.1) is 5.33 Å². The molecule has 0 aromatic heterocycles. The lowest BCUT2D eigenvalue weighted by Gasteiger charge is -2.28. The van der Waals surface area contributed by atoms with Crippen LogP contribution in [-0.4, -0.2) is 23.6 Å². The standard InChI is InChI=1S/C12H19BrN2O2/c1-2-3-8-17-12(14)6-4-10(5-7-12)15-11(16)9-13/h4-6H,2-3,7-9,14H2,1H3,(H,15,16). The fourth-order valence-electron chi connectivity index (χ4n) is 1.44. The smallest absolute Gasteiger partial charge is 0.235 e. The molecule has 0 saturated heterocycles. The van der Waals surface area contributed by atoms with Gasteiger partial charge < -0.3 is 10.1 Å². The Labute approximate surface area is 110 Å². The lowest BCUT2D eigenvalue weighted by Crippen LogP contribution is -2.42. The van der Waals surface area contributed by atoms with E-state index in [9.17, 15) is 4.79 Å². The molecule has 96 valence electrons. The van der Waals surface area contributed by atoms with Gasteiger partial charge in [-0.1, -0.05) is 35.4 Å². The van der Waals surface area contributed by atoms with Gasteiger partial charge in [0.2, 0.25) is 5.91 Å². The lowest BCUT2D eigenvalue weighted by molar-refractivity contribution is -0.117. The molecule has 1 unspecified atom stereocenters. The first-order chi connectivity index (χ1) is 8.09. The lowest BCUT2D eigenvalue weighted by atomic mass is 10.0. The van der Waals surface area contributed by atoms with Crippen LogP contribution in [0, 0.1) is 0 Å². The zero-order chi connectivity index (χ0) is 12.7. The Balaban J connectivity index is 2.43. The van der Waals surface area contributed by atoms with Crippen molar-refractivity contribution in [2.24, 2.45) is 5.73 Å². The zero-order valence-corrected chi connectivity index (χ0v) is 11.6. The number of halogens is 1. The number of nitrogens with one attached hydrogen (secondary N) is 1. The summed E-state index contributed by atoms with van der Waals surface area (Å²) in [6, 6.07) is 0. The summed E-state index contributed by atoms with van der Waals surface area (Å²) in [5.41, 5.74) is 6.10. The molecule has 4 nitrogen and oxygen atoms in total. The minimum Gasteiger partial charge on any atom is -0.357 e. The van der Waals surface area contributed by atoms with Crippen molar-refractivity contribution in [1.29, 1.82) is 0 Å². The van der Waals surface area contributed by atoms with Crippen LogP contribution in [0.2, 0.25) is 0 Å². The molecule has 0 radical (unpaired) electrons. The van der Waals surface area contributed by atoms with E-state index in [1.54, 1.807) is 12.2 Å². The molecule has 5 heteroatoms. The summed E-state index contributed by atoms with van der Waals surface area (Å²) in [6.07, 6.45) is 8.13. The maximum absolute atomic E-state index is 11.2. The van der Waals surface area contributed by atoms with E-state index in [1.165, 1.54) is 0 Å². The molecule has 0 aromatic carbocycles. The number of amides is 1. The van der Waals surface area contributed by atoms with Crippen LogP contribution in [0.4, 0.5) is 0 Å². The van der Waals surface area contributed by atoms with Crippen molar-refractivity contribution in [1.82, 2.24) is 5.32 Å². The van der Waals surface area contributed by atoms with Crippen LogP contribution in [0.5, 0.6) is 0 Å². The first-order valence-electron chi connectivity index (χ1n) is 5.77. The fourth-order valence-corrected chi connectivity index (χ4v) is 1.58. The Hall–Kier alpha value is -0.650. The van der Waals surface area contributed by atoms with E-state index in [2.05, 4.69) is 28.2 Å². The topological polar surface area (TPSA) is 64.3 Å². The maximum Gasteiger partial charge on any atom is 0.235 e. The van der Waals surface area contributed by atoms with Crippen LogP contribution in [0.3, 0.4) is 0 Å². The van der Waals surface area contributed by atoms with Gasteiger partial charge in [-0.15, -0.1) is 0 Å². The quantitative estimate of drug-likeness (QED) is 0.447. The van der Waals surface area contributed by atoms with Crippen molar-refractivity contribution in [3.05, 3.63) is 23.9 Å². The van der Waals surface area contributed by atoms with Crippen molar-refractivity contribution in [3.8, 4) is 0 Å². The highest BCUT2D eigenvalue weighted by atomic mass is 79.9. The second kappa shape index (κ2) is 6.93. The predicted octanol–water partition coefficient (Wildman–Crippen LogP) is 1.81. The van der Waals surface area contributed by atoms with E-state index in [0.29, 0.717) is 18.4 Å². The van der Waals surface area contributed by atoms with Gasteiger partial charge in [0.1, 0.15) is 5.72 Å². The predicted molar refractivity (Wildman–Crippen MR) is 71.6 cm³/mol. The molecule has 1 amide bonds. The Morgan fingerprint density at radius 3 is 3.00 bits per heavy atom. The van der Waals surface area contributed by atoms with Gasteiger partial charge in [-0.25, -0.2) is 0 Å². The monoisotopic (exact) mass is 302 g/mol. The SMILES string of the molecule is CCCCOC1(N)C=CC(NC(=O)CBr)=CC1. The molecule has 17 heavy (non-hydrogen) atoms. The van der Waals surface area contributed by atoms with Gasteiger partial charge in [-0.2, -0.15) is 0 Å². The van der Waals surface area contributed by atoms with Crippen molar-refractivity contribution in [2.75, 3.05) is 11.9 Å². The summed E-state index contributed by atoms with van der Waals surface area (Å²) in [7, 11) is 0. The Morgan fingerprint density at radius 2 is 2.47 bits per heavy atom. The highest BCUT2D eigenvalue weighted by Crippen LogP contribution is 2.19. The van der Waals surface area contributed by atoms with Crippen LogP contribution in [0.1, 0.15) is 26.2 Å². The molecular weight excluding hydrogens is 284 g/mol. The Morgan fingerprint density at radius 1 is 1.71 bits per heavy atom. The Bertz CT molecular complexity index is 328. The Kier molecular flexibility index (Phi) is 5.88. The first-order valence-corrected chi connectivity index (χ1v) is 6.90. The average molecular weight is 303 g/mol. The van der Waals surface area contributed by atoms with E-state index in [0.717, 1.165) is 18.5 Å². The molecule has 0 aromatic rings. The van der Waals surface area contributed by atoms with Gasteiger partial charge in [0, 0.05) is 18.7 Å². The van der Waals surface area contributed by atoms with E-state index in [1.807, 2.05) is 6.08 Å². The molecular formula is C12H19BrN2O2. The summed E-state index contributed by atoms with van der Waals surface area (Å²) in [5, 5.41) is 3.04. The highest BCUT2D eigenvalue weighted by molar-refractivity contribution is 9.09. The third-order valence-corrected chi connectivity index (χ3v) is 2.97. The van der Waals surface area contributed by atoms with Gasteiger partial charge >= 0.3 is 0 Å². The number of ether oxygens (including phenoxy) is 1. The highest BCUT2D eigenvalue weighted by Gasteiger charge is 2.23. The molecule has 0 aliphatic heterocycles. The first kappa shape index (κ1) is 14.4. The van der Waals surface area contributed by atoms with E-state index in [-0.39, 0.29) is 5.91 Å². The number of nitrogens with two attached hydrogens (primary N) is 1. The minimum absolute atomic E-state index is 0.0719. The molecule has 0 saturated carbocycles. The van der Waals surface area contributed by atoms with Gasteiger partial charge in [0.15, 0.2) is 0 Å². The zero-order valence-electron chi connectivity index (χ0n) is 10.0.